The molecule has 26 heavy (non-hydrogen) atoms. The van der Waals surface area contributed by atoms with Gasteiger partial charge in [0.2, 0.25) is 0 Å². The summed E-state index contributed by atoms with van der Waals surface area (Å²) in [5.74, 6) is 0. The van der Waals surface area contributed by atoms with Crippen molar-refractivity contribution in [3.63, 3.8) is 0 Å². The zero-order valence-corrected chi connectivity index (χ0v) is 14.0. The maximum Gasteiger partial charge on any atom is 0.416 e. The third-order valence-corrected chi connectivity index (χ3v) is 3.99. The normalized spacial score (nSPS) is 11.5. The number of alkyl halides is 3. The van der Waals surface area contributed by atoms with Crippen molar-refractivity contribution >= 4 is 11.6 Å². The highest BCUT2D eigenvalue weighted by Crippen LogP contribution is 2.29. The van der Waals surface area contributed by atoms with Gasteiger partial charge in [-0.1, -0.05) is 29.8 Å². The van der Waals surface area contributed by atoms with E-state index in [2.05, 4.69) is 0 Å². The highest BCUT2D eigenvalue weighted by molar-refractivity contribution is 6.30. The van der Waals surface area contributed by atoms with Crippen LogP contribution in [0.15, 0.2) is 70.5 Å². The van der Waals surface area contributed by atoms with Crippen LogP contribution in [0.4, 0.5) is 13.2 Å². The fourth-order valence-corrected chi connectivity index (χ4v) is 2.69. The average Bonchev–Trinajstić information content (AvgIpc) is 2.59. The molecule has 0 fully saturated rings. The fourth-order valence-electron chi connectivity index (χ4n) is 2.50. The molecule has 0 spiro atoms. The van der Waals surface area contributed by atoms with Crippen molar-refractivity contribution in [2.75, 3.05) is 0 Å². The van der Waals surface area contributed by atoms with Gasteiger partial charge in [0.25, 0.3) is 0 Å². The smallest absolute Gasteiger partial charge is 0.305 e. The van der Waals surface area contributed by atoms with E-state index in [4.69, 9.17) is 11.6 Å². The molecule has 1 heterocycles. The van der Waals surface area contributed by atoms with E-state index in [1.54, 1.807) is 18.2 Å². The third kappa shape index (κ3) is 3.72. The lowest BCUT2D eigenvalue weighted by molar-refractivity contribution is -0.137. The van der Waals surface area contributed by atoms with Crippen LogP contribution in [0.3, 0.4) is 0 Å². The Morgan fingerprint density at radius 1 is 0.923 bits per heavy atom. The molecule has 0 radical (unpaired) electrons. The maximum absolute atomic E-state index is 12.8. The Balaban J connectivity index is 1.97. The predicted molar refractivity (Wildman–Crippen MR) is 91.9 cm³/mol. The molecular formula is C18H12ClF3N2O2. The maximum atomic E-state index is 12.8. The van der Waals surface area contributed by atoms with Crippen LogP contribution in [0, 0.1) is 0 Å². The summed E-state index contributed by atoms with van der Waals surface area (Å²) < 4.78 is 40.6. The van der Waals surface area contributed by atoms with Gasteiger partial charge in [0, 0.05) is 17.4 Å². The second-order valence-corrected chi connectivity index (χ2v) is 6.02. The Hall–Kier alpha value is -2.80. The first-order valence-electron chi connectivity index (χ1n) is 7.50. The van der Waals surface area contributed by atoms with Crippen molar-refractivity contribution in [3.05, 3.63) is 97.8 Å². The molecule has 0 bridgehead atoms. The van der Waals surface area contributed by atoms with E-state index in [9.17, 15) is 22.8 Å². The summed E-state index contributed by atoms with van der Waals surface area (Å²) in [6, 6.07) is 11.0. The highest BCUT2D eigenvalue weighted by atomic mass is 35.5. The lowest BCUT2D eigenvalue weighted by Crippen LogP contribution is -2.40. The van der Waals surface area contributed by atoms with E-state index in [1.165, 1.54) is 30.6 Å². The van der Waals surface area contributed by atoms with Crippen LogP contribution in [0.25, 0.3) is 5.69 Å². The van der Waals surface area contributed by atoms with E-state index < -0.39 is 22.9 Å². The van der Waals surface area contributed by atoms with Gasteiger partial charge < -0.3 is 4.57 Å². The van der Waals surface area contributed by atoms with Gasteiger partial charge in [-0.2, -0.15) is 13.2 Å². The molecule has 0 amide bonds. The molecule has 0 aliphatic heterocycles. The van der Waals surface area contributed by atoms with Gasteiger partial charge in [-0.3, -0.25) is 14.2 Å². The molecule has 0 saturated heterocycles. The molecule has 4 nitrogen and oxygen atoms in total. The van der Waals surface area contributed by atoms with Gasteiger partial charge in [0.1, 0.15) is 0 Å². The topological polar surface area (TPSA) is 44.0 Å². The molecule has 3 rings (SSSR count). The standard InChI is InChI=1S/C18H12ClF3N2O2/c19-14-5-2-6-15(10-14)24-8-7-23(16(25)17(24)26)11-12-3-1-4-13(9-12)18(20,21)22/h1-10H,11H2. The summed E-state index contributed by atoms with van der Waals surface area (Å²) in [4.78, 5) is 24.6. The second-order valence-electron chi connectivity index (χ2n) is 5.58. The van der Waals surface area contributed by atoms with Crippen LogP contribution in [0.2, 0.25) is 5.02 Å². The first kappa shape index (κ1) is 18.0. The van der Waals surface area contributed by atoms with Crippen molar-refractivity contribution in [1.82, 2.24) is 9.13 Å². The number of rotatable bonds is 3. The molecule has 0 aliphatic carbocycles. The average molecular weight is 381 g/mol. The van der Waals surface area contributed by atoms with E-state index in [0.29, 0.717) is 10.7 Å². The molecular weight excluding hydrogens is 369 g/mol. The molecule has 134 valence electrons. The number of nitrogens with zero attached hydrogens (tertiary/aromatic N) is 2. The molecule has 8 heteroatoms. The summed E-state index contributed by atoms with van der Waals surface area (Å²) in [7, 11) is 0. The Morgan fingerprint density at radius 3 is 2.35 bits per heavy atom. The van der Waals surface area contributed by atoms with Crippen molar-refractivity contribution in [2.45, 2.75) is 12.7 Å². The Morgan fingerprint density at radius 2 is 1.65 bits per heavy atom. The van der Waals surface area contributed by atoms with Gasteiger partial charge in [-0.15, -0.1) is 0 Å². The summed E-state index contributed by atoms with van der Waals surface area (Å²) in [5, 5.41) is 0.405. The van der Waals surface area contributed by atoms with Crippen LogP contribution < -0.4 is 11.1 Å². The molecule has 0 unspecified atom stereocenters. The largest absolute Gasteiger partial charge is 0.416 e. The van der Waals surface area contributed by atoms with Gasteiger partial charge in [0.05, 0.1) is 17.8 Å². The summed E-state index contributed by atoms with van der Waals surface area (Å²) in [5.41, 5.74) is -1.78. The van der Waals surface area contributed by atoms with Crippen LogP contribution in [-0.4, -0.2) is 9.13 Å². The van der Waals surface area contributed by atoms with Crippen molar-refractivity contribution in [2.24, 2.45) is 0 Å². The van der Waals surface area contributed by atoms with Gasteiger partial charge in [0.15, 0.2) is 0 Å². The van der Waals surface area contributed by atoms with Crippen LogP contribution in [0.1, 0.15) is 11.1 Å². The number of hydrogen-bond acceptors (Lipinski definition) is 2. The van der Waals surface area contributed by atoms with Gasteiger partial charge in [-0.05, 0) is 35.9 Å². The van der Waals surface area contributed by atoms with Crippen molar-refractivity contribution < 1.29 is 13.2 Å². The van der Waals surface area contributed by atoms with Crippen LogP contribution in [0.5, 0.6) is 0 Å². The molecule has 0 atom stereocenters. The minimum Gasteiger partial charge on any atom is -0.305 e. The van der Waals surface area contributed by atoms with Crippen LogP contribution >= 0.6 is 11.6 Å². The first-order chi connectivity index (χ1) is 12.3. The fraction of sp³-hybridized carbons (Fsp3) is 0.111. The van der Waals surface area contributed by atoms with E-state index in [1.807, 2.05) is 0 Å². The molecule has 2 aromatic carbocycles. The third-order valence-electron chi connectivity index (χ3n) is 3.75. The number of benzene rings is 2. The lowest BCUT2D eigenvalue weighted by atomic mass is 10.1. The van der Waals surface area contributed by atoms with E-state index >= 15 is 0 Å². The van der Waals surface area contributed by atoms with Gasteiger partial charge >= 0.3 is 17.3 Å². The molecule has 0 saturated carbocycles. The molecule has 0 N–H and O–H groups in total. The minimum atomic E-state index is -4.48. The SMILES string of the molecule is O=c1c(=O)n(-c2cccc(Cl)c2)ccn1Cc1cccc(C(F)(F)F)c1. The first-order valence-corrected chi connectivity index (χ1v) is 7.88. The number of aromatic nitrogens is 2. The Bertz CT molecular complexity index is 1070. The number of hydrogen-bond donors (Lipinski definition) is 0. The number of halogens is 4. The quantitative estimate of drug-likeness (QED) is 0.650. The van der Waals surface area contributed by atoms with E-state index in [0.717, 1.165) is 21.3 Å². The zero-order valence-electron chi connectivity index (χ0n) is 13.2. The summed E-state index contributed by atoms with van der Waals surface area (Å²) >= 11 is 5.89. The Labute approximate surface area is 150 Å². The summed E-state index contributed by atoms with van der Waals surface area (Å²) in [6.45, 7) is -0.144. The van der Waals surface area contributed by atoms with Crippen molar-refractivity contribution in [1.29, 1.82) is 0 Å². The van der Waals surface area contributed by atoms with Crippen LogP contribution in [-0.2, 0) is 12.7 Å². The zero-order chi connectivity index (χ0) is 18.9. The minimum absolute atomic E-state index is 0.144. The highest BCUT2D eigenvalue weighted by Gasteiger charge is 2.30. The predicted octanol–water partition coefficient (Wildman–Crippen LogP) is 3.72. The molecule has 3 aromatic rings. The molecule has 1 aromatic heterocycles. The monoisotopic (exact) mass is 380 g/mol. The second kappa shape index (κ2) is 6.84. The Kier molecular flexibility index (Phi) is 4.73. The molecule has 0 aliphatic rings. The van der Waals surface area contributed by atoms with E-state index in [-0.39, 0.29) is 12.1 Å². The lowest BCUT2D eigenvalue weighted by Gasteiger charge is -2.11. The van der Waals surface area contributed by atoms with Gasteiger partial charge in [-0.25, -0.2) is 0 Å². The van der Waals surface area contributed by atoms with Crippen molar-refractivity contribution in [3.8, 4) is 5.69 Å². The summed E-state index contributed by atoms with van der Waals surface area (Å²) in [6.07, 6.45) is -1.75.